The molecule has 0 aliphatic rings. The minimum Gasteiger partial charge on any atom is -0.297 e. The molecule has 0 amide bonds. The van der Waals surface area contributed by atoms with Crippen LogP contribution < -0.4 is 0 Å². The number of nitrogens with one attached hydrogen (secondary N) is 1. The normalized spacial score (nSPS) is 11.2. The van der Waals surface area contributed by atoms with E-state index in [4.69, 9.17) is 0 Å². The Morgan fingerprint density at radius 3 is 3.33 bits per heavy atom. The van der Waals surface area contributed by atoms with Crippen molar-refractivity contribution in [2.75, 3.05) is 0 Å². The molecule has 0 saturated carbocycles. The summed E-state index contributed by atoms with van der Waals surface area (Å²) in [5.74, 6) is 0.809. The lowest BCUT2D eigenvalue weighted by molar-refractivity contribution is 0.972. The second-order valence-corrected chi connectivity index (χ2v) is 4.74. The van der Waals surface area contributed by atoms with Crippen molar-refractivity contribution >= 4 is 28.1 Å². The van der Waals surface area contributed by atoms with Gasteiger partial charge in [0, 0.05) is 23.5 Å². The van der Waals surface area contributed by atoms with Gasteiger partial charge in [-0.1, -0.05) is 11.8 Å². The molecule has 0 aliphatic heterocycles. The molecule has 0 aliphatic carbocycles. The van der Waals surface area contributed by atoms with E-state index in [1.807, 2.05) is 22.2 Å². The van der Waals surface area contributed by atoms with Crippen molar-refractivity contribution in [1.29, 1.82) is 0 Å². The van der Waals surface area contributed by atoms with Gasteiger partial charge in [-0.3, -0.25) is 9.50 Å². The molecule has 76 valence electrons. The lowest BCUT2D eigenvalue weighted by Gasteiger charge is -1.91. The Kier molecular flexibility index (Phi) is 2.18. The fourth-order valence-electron chi connectivity index (χ4n) is 1.25. The molecule has 0 unspecified atom stereocenters. The van der Waals surface area contributed by atoms with Gasteiger partial charge in [0.05, 0.1) is 5.69 Å². The number of rotatable bonds is 3. The zero-order valence-corrected chi connectivity index (χ0v) is 9.25. The van der Waals surface area contributed by atoms with Crippen LogP contribution >= 0.6 is 23.1 Å². The Labute approximate surface area is 93.6 Å². The van der Waals surface area contributed by atoms with Crippen LogP contribution in [0.25, 0.3) is 4.96 Å². The molecule has 15 heavy (non-hydrogen) atoms. The number of hydrogen-bond donors (Lipinski definition) is 1. The van der Waals surface area contributed by atoms with E-state index in [1.54, 1.807) is 23.1 Å². The van der Waals surface area contributed by atoms with Gasteiger partial charge in [0.2, 0.25) is 0 Å². The van der Waals surface area contributed by atoms with Crippen LogP contribution in [0.15, 0.2) is 29.3 Å². The summed E-state index contributed by atoms with van der Waals surface area (Å²) in [7, 11) is 0. The van der Waals surface area contributed by atoms with Gasteiger partial charge in [-0.15, -0.1) is 11.3 Å². The van der Waals surface area contributed by atoms with E-state index >= 15 is 0 Å². The molecular weight excluding hydrogens is 230 g/mol. The lowest BCUT2D eigenvalue weighted by Crippen LogP contribution is -1.81. The molecule has 0 saturated heterocycles. The van der Waals surface area contributed by atoms with Crippen LogP contribution in [-0.4, -0.2) is 24.6 Å². The fraction of sp³-hybridized carbons (Fsp3) is 0.125. The Morgan fingerprint density at radius 1 is 1.53 bits per heavy atom. The monoisotopic (exact) mass is 237 g/mol. The minimum absolute atomic E-state index is 0.809. The number of thioether (sulfide) groups is 1. The van der Waals surface area contributed by atoms with Crippen molar-refractivity contribution in [2.24, 2.45) is 0 Å². The Bertz CT molecular complexity index is 524. The molecule has 5 nitrogen and oxygen atoms in total. The first-order valence-corrected chi connectivity index (χ1v) is 6.17. The molecule has 3 aromatic heterocycles. The number of nitrogens with zero attached hydrogens (tertiary/aromatic N) is 4. The first-order valence-electron chi connectivity index (χ1n) is 4.31. The quantitative estimate of drug-likeness (QED) is 0.706. The average Bonchev–Trinajstić information content (AvgIpc) is 2.91. The smallest absolute Gasteiger partial charge is 0.193 e. The van der Waals surface area contributed by atoms with E-state index in [-0.39, 0.29) is 0 Å². The molecule has 0 bridgehead atoms. The van der Waals surface area contributed by atoms with Gasteiger partial charge in [-0.05, 0) is 0 Å². The largest absolute Gasteiger partial charge is 0.297 e. The maximum Gasteiger partial charge on any atom is 0.193 e. The van der Waals surface area contributed by atoms with Crippen LogP contribution in [0.5, 0.6) is 0 Å². The van der Waals surface area contributed by atoms with E-state index in [9.17, 15) is 0 Å². The summed E-state index contributed by atoms with van der Waals surface area (Å²) < 4.78 is 2.03. The summed E-state index contributed by atoms with van der Waals surface area (Å²) in [4.78, 5) is 9.54. The first kappa shape index (κ1) is 8.93. The number of aromatic nitrogens is 5. The van der Waals surface area contributed by atoms with E-state index in [2.05, 4.69) is 20.2 Å². The zero-order valence-electron chi connectivity index (χ0n) is 7.62. The Morgan fingerprint density at radius 2 is 2.53 bits per heavy atom. The fourth-order valence-corrected chi connectivity index (χ4v) is 2.63. The van der Waals surface area contributed by atoms with Gasteiger partial charge in [-0.25, -0.2) is 9.97 Å². The molecule has 0 aromatic carbocycles. The van der Waals surface area contributed by atoms with Crippen LogP contribution in [0.1, 0.15) is 5.69 Å². The summed E-state index contributed by atoms with van der Waals surface area (Å²) in [5.41, 5.74) is 1.06. The third-order valence-corrected chi connectivity index (χ3v) is 3.57. The maximum atomic E-state index is 4.47. The van der Waals surface area contributed by atoms with Crippen molar-refractivity contribution in [3.05, 3.63) is 29.8 Å². The molecule has 0 spiro atoms. The van der Waals surface area contributed by atoms with Crippen LogP contribution in [0.3, 0.4) is 0 Å². The summed E-state index contributed by atoms with van der Waals surface area (Å²) in [5, 5.41) is 9.44. The van der Waals surface area contributed by atoms with Gasteiger partial charge >= 0.3 is 0 Å². The second-order valence-electron chi connectivity index (χ2n) is 2.90. The maximum absolute atomic E-state index is 4.47. The third-order valence-electron chi connectivity index (χ3n) is 1.89. The number of fused-ring (bicyclic) bond motifs is 1. The van der Waals surface area contributed by atoms with Crippen molar-refractivity contribution in [3.63, 3.8) is 0 Å². The molecular formula is C8H7N5S2. The highest BCUT2D eigenvalue weighted by molar-refractivity contribution is 7.98. The first-order chi connectivity index (χ1) is 7.42. The zero-order chi connectivity index (χ0) is 10.1. The number of thiazole rings is 1. The van der Waals surface area contributed by atoms with E-state index in [0.717, 1.165) is 21.6 Å². The number of hydrogen-bond acceptors (Lipinski definition) is 5. The summed E-state index contributed by atoms with van der Waals surface area (Å²) in [6.07, 6.45) is 5.55. The molecule has 7 heteroatoms. The summed E-state index contributed by atoms with van der Waals surface area (Å²) in [6, 6.07) is 0. The highest BCUT2D eigenvalue weighted by atomic mass is 32.2. The molecule has 3 heterocycles. The predicted molar refractivity (Wildman–Crippen MR) is 59.0 cm³/mol. The van der Waals surface area contributed by atoms with Crippen molar-refractivity contribution in [3.8, 4) is 0 Å². The number of H-pyrrole nitrogens is 1. The molecule has 0 atom stereocenters. The van der Waals surface area contributed by atoms with Gasteiger partial charge in [0.15, 0.2) is 10.1 Å². The molecule has 0 fully saturated rings. The Balaban J connectivity index is 1.75. The predicted octanol–water partition coefficient (Wildman–Crippen LogP) is 1.81. The highest BCUT2D eigenvalue weighted by Crippen LogP contribution is 2.19. The van der Waals surface area contributed by atoms with Crippen LogP contribution in [0.2, 0.25) is 0 Å². The van der Waals surface area contributed by atoms with Crippen LogP contribution in [0.4, 0.5) is 0 Å². The number of imidazole rings is 1. The Hall–Kier alpha value is -1.34. The van der Waals surface area contributed by atoms with E-state index < -0.39 is 0 Å². The topological polar surface area (TPSA) is 58.9 Å². The van der Waals surface area contributed by atoms with Crippen molar-refractivity contribution in [1.82, 2.24) is 24.6 Å². The molecule has 3 aromatic rings. The average molecular weight is 237 g/mol. The van der Waals surface area contributed by atoms with Gasteiger partial charge < -0.3 is 0 Å². The molecule has 3 rings (SSSR count). The summed E-state index contributed by atoms with van der Waals surface area (Å²) >= 11 is 3.24. The van der Waals surface area contributed by atoms with E-state index in [1.165, 1.54) is 6.33 Å². The van der Waals surface area contributed by atoms with E-state index in [0.29, 0.717) is 0 Å². The lowest BCUT2D eigenvalue weighted by atomic mass is 10.6. The summed E-state index contributed by atoms with van der Waals surface area (Å²) in [6.45, 7) is 0. The number of aromatic amines is 1. The minimum atomic E-state index is 0.809. The van der Waals surface area contributed by atoms with Crippen LogP contribution in [-0.2, 0) is 5.75 Å². The second kappa shape index (κ2) is 3.67. The SMILES string of the molecule is c1n[nH]c(SCc2cn3ccsc3n2)n1. The highest BCUT2D eigenvalue weighted by Gasteiger charge is 2.04. The molecule has 1 N–H and O–H groups in total. The van der Waals surface area contributed by atoms with Gasteiger partial charge in [0.25, 0.3) is 0 Å². The third kappa shape index (κ3) is 1.75. The van der Waals surface area contributed by atoms with Crippen molar-refractivity contribution in [2.45, 2.75) is 10.9 Å². The van der Waals surface area contributed by atoms with Gasteiger partial charge in [-0.2, -0.15) is 5.10 Å². The standard InChI is InChI=1S/C8H7N5S2/c1-2-14-8-11-6(3-13(1)8)4-15-7-9-5-10-12-7/h1-3,5H,4H2,(H,9,10,12). The van der Waals surface area contributed by atoms with Crippen molar-refractivity contribution < 1.29 is 0 Å². The molecule has 0 radical (unpaired) electrons. The van der Waals surface area contributed by atoms with Crippen LogP contribution in [0, 0.1) is 0 Å². The van der Waals surface area contributed by atoms with Gasteiger partial charge in [0.1, 0.15) is 6.33 Å².